The zero-order chi connectivity index (χ0) is 8.69. The normalized spacial score (nSPS) is 13.6. The van der Waals surface area contributed by atoms with Crippen LogP contribution in [-0.2, 0) is 4.79 Å². The molecule has 0 heterocycles. The molecular weight excluding hydrogens is 142 g/mol. The highest BCUT2D eigenvalue weighted by molar-refractivity contribution is 5.66. The van der Waals surface area contributed by atoms with Crippen LogP contribution in [0.5, 0.6) is 0 Å². The van der Waals surface area contributed by atoms with Gasteiger partial charge in [-0.05, 0) is 19.8 Å². The van der Waals surface area contributed by atoms with E-state index in [4.69, 9.17) is 10.8 Å². The molecular formula is C8H15NO2. The Hall–Kier alpha value is -0.830. The van der Waals surface area contributed by atoms with Crippen LogP contribution in [0.15, 0.2) is 12.2 Å². The van der Waals surface area contributed by atoms with Crippen molar-refractivity contribution < 1.29 is 9.90 Å². The molecule has 0 spiro atoms. The van der Waals surface area contributed by atoms with Gasteiger partial charge in [0.1, 0.15) is 0 Å². The predicted molar refractivity (Wildman–Crippen MR) is 44.3 cm³/mol. The van der Waals surface area contributed by atoms with E-state index in [1.807, 2.05) is 19.1 Å². The van der Waals surface area contributed by atoms with Crippen LogP contribution in [0.2, 0.25) is 0 Å². The fraction of sp³-hybridized carbons (Fsp3) is 0.625. The second kappa shape index (κ2) is 5.92. The smallest absolute Gasteiger partial charge is 0.303 e. The third-order valence-electron chi connectivity index (χ3n) is 1.20. The number of nitrogens with two attached hydrogens (primary N) is 1. The van der Waals surface area contributed by atoms with Crippen molar-refractivity contribution >= 4 is 5.97 Å². The summed E-state index contributed by atoms with van der Waals surface area (Å²) in [4.78, 5) is 10.0. The number of rotatable bonds is 5. The van der Waals surface area contributed by atoms with Crippen LogP contribution in [0.1, 0.15) is 26.2 Å². The van der Waals surface area contributed by atoms with E-state index in [-0.39, 0.29) is 12.5 Å². The molecule has 0 bridgehead atoms. The van der Waals surface area contributed by atoms with Crippen LogP contribution in [0, 0.1) is 0 Å². The lowest BCUT2D eigenvalue weighted by Gasteiger charge is -1.96. The number of carbonyl (C=O) groups is 1. The van der Waals surface area contributed by atoms with E-state index >= 15 is 0 Å². The molecule has 0 amide bonds. The maximum absolute atomic E-state index is 10.0. The topological polar surface area (TPSA) is 63.3 Å². The summed E-state index contributed by atoms with van der Waals surface area (Å²) < 4.78 is 0. The highest BCUT2D eigenvalue weighted by Gasteiger charge is 1.92. The number of aliphatic carboxylic acids is 1. The molecule has 0 saturated heterocycles. The quantitative estimate of drug-likeness (QED) is 0.588. The third kappa shape index (κ3) is 9.17. The summed E-state index contributed by atoms with van der Waals surface area (Å²) in [7, 11) is 0. The Morgan fingerprint density at radius 3 is 2.73 bits per heavy atom. The van der Waals surface area contributed by atoms with Crippen molar-refractivity contribution in [3.8, 4) is 0 Å². The van der Waals surface area contributed by atoms with Crippen LogP contribution < -0.4 is 5.73 Å². The van der Waals surface area contributed by atoms with E-state index in [0.717, 1.165) is 6.42 Å². The van der Waals surface area contributed by atoms with Gasteiger partial charge in [-0.25, -0.2) is 0 Å². The van der Waals surface area contributed by atoms with Crippen molar-refractivity contribution in [1.29, 1.82) is 0 Å². The van der Waals surface area contributed by atoms with Gasteiger partial charge in [0.2, 0.25) is 0 Å². The molecule has 64 valence electrons. The van der Waals surface area contributed by atoms with E-state index in [1.165, 1.54) is 0 Å². The summed E-state index contributed by atoms with van der Waals surface area (Å²) in [5.41, 5.74) is 5.47. The van der Waals surface area contributed by atoms with E-state index in [1.54, 1.807) is 0 Å². The maximum atomic E-state index is 10.0. The summed E-state index contributed by atoms with van der Waals surface area (Å²) in [5, 5.41) is 8.26. The average molecular weight is 157 g/mol. The molecule has 0 aromatic heterocycles. The molecule has 0 aliphatic heterocycles. The minimum atomic E-state index is -0.754. The van der Waals surface area contributed by atoms with Crippen molar-refractivity contribution in [2.24, 2.45) is 5.73 Å². The number of carboxylic acids is 1. The summed E-state index contributed by atoms with van der Waals surface area (Å²) in [6.45, 7) is 1.92. The van der Waals surface area contributed by atoms with Crippen molar-refractivity contribution in [1.82, 2.24) is 0 Å². The number of hydrogen-bond donors (Lipinski definition) is 2. The first-order valence-electron chi connectivity index (χ1n) is 3.75. The van der Waals surface area contributed by atoms with Gasteiger partial charge in [-0.2, -0.15) is 0 Å². The van der Waals surface area contributed by atoms with E-state index < -0.39 is 5.97 Å². The van der Waals surface area contributed by atoms with Gasteiger partial charge < -0.3 is 10.8 Å². The van der Waals surface area contributed by atoms with Crippen LogP contribution >= 0.6 is 0 Å². The van der Waals surface area contributed by atoms with Gasteiger partial charge in [-0.15, -0.1) is 0 Å². The van der Waals surface area contributed by atoms with Crippen molar-refractivity contribution in [3.05, 3.63) is 12.2 Å². The largest absolute Gasteiger partial charge is 0.481 e. The Bertz CT molecular complexity index is 141. The Labute approximate surface area is 66.9 Å². The molecule has 11 heavy (non-hydrogen) atoms. The van der Waals surface area contributed by atoms with E-state index in [9.17, 15) is 4.79 Å². The zero-order valence-electron chi connectivity index (χ0n) is 6.79. The van der Waals surface area contributed by atoms with Crippen LogP contribution in [0.25, 0.3) is 0 Å². The number of carboxylic acid groups (broad SMARTS) is 1. The van der Waals surface area contributed by atoms with Gasteiger partial charge in [0.05, 0.1) is 0 Å². The average Bonchev–Trinajstić information content (AvgIpc) is 1.85. The fourth-order valence-corrected chi connectivity index (χ4v) is 0.636. The minimum absolute atomic E-state index is 0.163. The lowest BCUT2D eigenvalue weighted by atomic mass is 10.2. The van der Waals surface area contributed by atoms with Gasteiger partial charge >= 0.3 is 5.97 Å². The molecule has 0 radical (unpaired) electrons. The Kier molecular flexibility index (Phi) is 5.47. The van der Waals surface area contributed by atoms with Crippen LogP contribution in [-0.4, -0.2) is 17.1 Å². The Morgan fingerprint density at radius 1 is 1.64 bits per heavy atom. The first-order valence-corrected chi connectivity index (χ1v) is 3.75. The minimum Gasteiger partial charge on any atom is -0.481 e. The third-order valence-corrected chi connectivity index (χ3v) is 1.20. The Balaban J connectivity index is 3.23. The molecule has 0 fully saturated rings. The van der Waals surface area contributed by atoms with Crippen molar-refractivity contribution in [3.63, 3.8) is 0 Å². The van der Waals surface area contributed by atoms with Gasteiger partial charge in [-0.3, -0.25) is 4.79 Å². The summed E-state index contributed by atoms with van der Waals surface area (Å²) in [6, 6.07) is 0.163. The highest BCUT2D eigenvalue weighted by atomic mass is 16.4. The number of allylic oxidation sites excluding steroid dienone is 1. The monoisotopic (exact) mass is 157 g/mol. The van der Waals surface area contributed by atoms with E-state index in [2.05, 4.69) is 0 Å². The van der Waals surface area contributed by atoms with Gasteiger partial charge in [0.25, 0.3) is 0 Å². The zero-order valence-corrected chi connectivity index (χ0v) is 6.79. The van der Waals surface area contributed by atoms with E-state index in [0.29, 0.717) is 6.42 Å². The standard InChI is InChI=1S/C8H15NO2/c1-7(9)5-3-2-4-6-8(10)11/h2-3,7H,4-6,9H2,1H3,(H,10,11). The SMILES string of the molecule is CC(N)CC=CCCC(=O)O. The van der Waals surface area contributed by atoms with Gasteiger partial charge in [-0.1, -0.05) is 12.2 Å². The molecule has 0 aliphatic rings. The van der Waals surface area contributed by atoms with Gasteiger partial charge in [0, 0.05) is 12.5 Å². The second-order valence-corrected chi connectivity index (χ2v) is 2.62. The van der Waals surface area contributed by atoms with Crippen molar-refractivity contribution in [2.75, 3.05) is 0 Å². The van der Waals surface area contributed by atoms with Gasteiger partial charge in [0.15, 0.2) is 0 Å². The summed E-state index contributed by atoms with van der Waals surface area (Å²) >= 11 is 0. The molecule has 3 N–H and O–H groups in total. The molecule has 0 aromatic rings. The lowest BCUT2D eigenvalue weighted by Crippen LogP contribution is -2.12. The fourth-order valence-electron chi connectivity index (χ4n) is 0.636. The highest BCUT2D eigenvalue weighted by Crippen LogP contribution is 1.94. The summed E-state index contributed by atoms with van der Waals surface area (Å²) in [6.07, 6.45) is 5.40. The molecule has 0 aromatic carbocycles. The summed E-state index contributed by atoms with van der Waals surface area (Å²) in [5.74, 6) is -0.754. The maximum Gasteiger partial charge on any atom is 0.303 e. The molecule has 0 rings (SSSR count). The Morgan fingerprint density at radius 2 is 2.27 bits per heavy atom. The first kappa shape index (κ1) is 10.2. The molecule has 0 saturated carbocycles. The first-order chi connectivity index (χ1) is 5.13. The molecule has 1 atom stereocenters. The van der Waals surface area contributed by atoms with Crippen molar-refractivity contribution in [2.45, 2.75) is 32.2 Å². The molecule has 1 unspecified atom stereocenters. The molecule has 3 nitrogen and oxygen atoms in total. The van der Waals surface area contributed by atoms with Crippen LogP contribution in [0.4, 0.5) is 0 Å². The lowest BCUT2D eigenvalue weighted by molar-refractivity contribution is -0.136. The predicted octanol–water partition coefficient (Wildman–Crippen LogP) is 1.14. The second-order valence-electron chi connectivity index (χ2n) is 2.62. The molecule has 3 heteroatoms. The number of hydrogen-bond acceptors (Lipinski definition) is 2. The van der Waals surface area contributed by atoms with Crippen LogP contribution in [0.3, 0.4) is 0 Å². The molecule has 0 aliphatic carbocycles.